The lowest BCUT2D eigenvalue weighted by molar-refractivity contribution is 0.420. The summed E-state index contributed by atoms with van der Waals surface area (Å²) in [4.78, 5) is 13.3. The Morgan fingerprint density at radius 3 is 2.45 bits per heavy atom. The summed E-state index contributed by atoms with van der Waals surface area (Å²) in [6.45, 7) is 4.05. The van der Waals surface area contributed by atoms with E-state index in [2.05, 4.69) is 30.7 Å². The Labute approximate surface area is 127 Å². The average Bonchev–Trinajstić information content (AvgIpc) is 3.00. The third-order valence-corrected chi connectivity index (χ3v) is 2.77. The molecule has 112 valence electrons. The van der Waals surface area contributed by atoms with Crippen LogP contribution in [0.4, 0.5) is 17.6 Å². The Hall–Kier alpha value is -2.96. The molecule has 2 N–H and O–H groups in total. The fourth-order valence-corrected chi connectivity index (χ4v) is 1.87. The number of aromatic nitrogens is 4. The van der Waals surface area contributed by atoms with Crippen molar-refractivity contribution in [1.29, 1.82) is 0 Å². The molecule has 3 aromatic rings. The molecule has 0 spiro atoms. The molecular weight excluding hydrogens is 280 g/mol. The van der Waals surface area contributed by atoms with E-state index >= 15 is 0 Å². The molecule has 0 radical (unpaired) electrons. The molecule has 0 aliphatic carbocycles. The van der Waals surface area contributed by atoms with E-state index in [9.17, 15) is 0 Å². The second kappa shape index (κ2) is 6.21. The number of hydrogen-bond acceptors (Lipinski definition) is 7. The minimum Gasteiger partial charge on any atom is -0.363 e. The summed E-state index contributed by atoms with van der Waals surface area (Å²) in [5.41, 5.74) is 1.60. The fourth-order valence-electron chi connectivity index (χ4n) is 1.87. The minimum absolute atomic E-state index is 0.217. The predicted molar refractivity (Wildman–Crippen MR) is 83.8 cm³/mol. The largest absolute Gasteiger partial charge is 0.363 e. The van der Waals surface area contributed by atoms with E-state index < -0.39 is 0 Å². The normalized spacial score (nSPS) is 10.7. The first-order valence-corrected chi connectivity index (χ1v) is 6.95. The monoisotopic (exact) mass is 296 g/mol. The Morgan fingerprint density at radius 1 is 1.00 bits per heavy atom. The van der Waals surface area contributed by atoms with Crippen molar-refractivity contribution in [2.75, 3.05) is 10.6 Å². The molecular formula is C15H16N6O. The van der Waals surface area contributed by atoms with Crippen LogP contribution in [0.1, 0.15) is 13.8 Å². The summed E-state index contributed by atoms with van der Waals surface area (Å²) in [5, 5.41) is 9.89. The third-order valence-electron chi connectivity index (χ3n) is 2.77. The highest BCUT2D eigenvalue weighted by Gasteiger charge is 2.10. The van der Waals surface area contributed by atoms with E-state index in [0.717, 1.165) is 5.56 Å². The van der Waals surface area contributed by atoms with Crippen molar-refractivity contribution in [3.05, 3.63) is 42.8 Å². The van der Waals surface area contributed by atoms with Crippen molar-refractivity contribution < 1.29 is 4.52 Å². The number of nitrogens with one attached hydrogen (secondary N) is 2. The maximum Gasteiger partial charge on any atom is 0.232 e. The average molecular weight is 296 g/mol. The second-order valence-electron chi connectivity index (χ2n) is 5.01. The van der Waals surface area contributed by atoms with E-state index in [1.165, 1.54) is 6.26 Å². The highest BCUT2D eigenvalue weighted by molar-refractivity contribution is 5.60. The Kier molecular flexibility index (Phi) is 3.95. The van der Waals surface area contributed by atoms with Crippen LogP contribution < -0.4 is 10.6 Å². The summed E-state index contributed by atoms with van der Waals surface area (Å²) >= 11 is 0. The first-order valence-electron chi connectivity index (χ1n) is 6.95. The molecule has 0 aliphatic rings. The first-order chi connectivity index (χ1) is 10.7. The molecule has 0 fully saturated rings. The quantitative estimate of drug-likeness (QED) is 0.747. The standard InChI is InChI=1S/C15H16N6O/c1-10(2)17-14-19-13(11-6-4-3-5-7-11)20-15(21-14)18-12-8-16-22-9-12/h3-10H,1-2H3,(H2,17,18,19,20,21). The zero-order chi connectivity index (χ0) is 15.4. The van der Waals surface area contributed by atoms with E-state index in [1.54, 1.807) is 6.20 Å². The van der Waals surface area contributed by atoms with Gasteiger partial charge in [-0.3, -0.25) is 0 Å². The van der Waals surface area contributed by atoms with Crippen molar-refractivity contribution in [1.82, 2.24) is 20.1 Å². The topological polar surface area (TPSA) is 88.8 Å². The maximum absolute atomic E-state index is 4.80. The number of benzene rings is 1. The van der Waals surface area contributed by atoms with Gasteiger partial charge in [-0.15, -0.1) is 0 Å². The Morgan fingerprint density at radius 2 is 1.77 bits per heavy atom. The van der Waals surface area contributed by atoms with Gasteiger partial charge in [-0.2, -0.15) is 15.0 Å². The number of anilines is 3. The second-order valence-corrected chi connectivity index (χ2v) is 5.01. The third kappa shape index (κ3) is 3.38. The lowest BCUT2D eigenvalue weighted by Crippen LogP contribution is -2.14. The number of hydrogen-bond donors (Lipinski definition) is 2. The number of rotatable bonds is 5. The van der Waals surface area contributed by atoms with Crippen molar-refractivity contribution in [2.45, 2.75) is 19.9 Å². The van der Waals surface area contributed by atoms with Crippen LogP contribution in [-0.4, -0.2) is 26.2 Å². The van der Waals surface area contributed by atoms with Crippen LogP contribution in [0.25, 0.3) is 11.4 Å². The predicted octanol–water partition coefficient (Wildman–Crippen LogP) is 3.09. The van der Waals surface area contributed by atoms with E-state index in [0.29, 0.717) is 23.4 Å². The van der Waals surface area contributed by atoms with Gasteiger partial charge in [0.15, 0.2) is 5.82 Å². The van der Waals surface area contributed by atoms with Crippen molar-refractivity contribution in [3.63, 3.8) is 0 Å². The molecule has 0 bridgehead atoms. The molecule has 0 aliphatic heterocycles. The van der Waals surface area contributed by atoms with Gasteiger partial charge in [0.1, 0.15) is 12.0 Å². The van der Waals surface area contributed by atoms with Gasteiger partial charge >= 0.3 is 0 Å². The van der Waals surface area contributed by atoms with E-state index in [4.69, 9.17) is 4.52 Å². The van der Waals surface area contributed by atoms with E-state index in [-0.39, 0.29) is 6.04 Å². The van der Waals surface area contributed by atoms with Crippen LogP contribution in [0, 0.1) is 0 Å². The Bertz CT molecular complexity index is 727. The molecule has 2 aromatic heterocycles. The fraction of sp³-hybridized carbons (Fsp3) is 0.200. The summed E-state index contributed by atoms with van der Waals surface area (Å²) < 4.78 is 4.80. The van der Waals surface area contributed by atoms with Gasteiger partial charge in [0.25, 0.3) is 0 Å². The van der Waals surface area contributed by atoms with Crippen molar-refractivity contribution >= 4 is 17.6 Å². The zero-order valence-electron chi connectivity index (χ0n) is 12.3. The van der Waals surface area contributed by atoms with Gasteiger partial charge in [0.05, 0.1) is 6.20 Å². The molecule has 1 aromatic carbocycles. The smallest absolute Gasteiger partial charge is 0.232 e. The highest BCUT2D eigenvalue weighted by Crippen LogP contribution is 2.20. The van der Waals surface area contributed by atoms with Gasteiger partial charge in [0.2, 0.25) is 11.9 Å². The van der Waals surface area contributed by atoms with E-state index in [1.807, 2.05) is 44.2 Å². The van der Waals surface area contributed by atoms with Gasteiger partial charge in [-0.1, -0.05) is 35.5 Å². The molecule has 7 heteroatoms. The van der Waals surface area contributed by atoms with Crippen LogP contribution in [0.15, 0.2) is 47.3 Å². The van der Waals surface area contributed by atoms with Gasteiger partial charge < -0.3 is 15.2 Å². The maximum atomic E-state index is 4.80. The van der Waals surface area contributed by atoms with Crippen LogP contribution in [0.5, 0.6) is 0 Å². The molecule has 2 heterocycles. The Balaban J connectivity index is 1.98. The molecule has 0 amide bonds. The van der Waals surface area contributed by atoms with Gasteiger partial charge in [0, 0.05) is 11.6 Å². The summed E-state index contributed by atoms with van der Waals surface area (Å²) in [6, 6.07) is 9.97. The van der Waals surface area contributed by atoms with Gasteiger partial charge in [-0.05, 0) is 13.8 Å². The van der Waals surface area contributed by atoms with Crippen LogP contribution in [0.2, 0.25) is 0 Å². The zero-order valence-corrected chi connectivity index (χ0v) is 12.3. The first kappa shape index (κ1) is 14.0. The van der Waals surface area contributed by atoms with Gasteiger partial charge in [-0.25, -0.2) is 0 Å². The lowest BCUT2D eigenvalue weighted by Gasteiger charge is -2.11. The van der Waals surface area contributed by atoms with Crippen LogP contribution >= 0.6 is 0 Å². The molecule has 7 nitrogen and oxygen atoms in total. The molecule has 0 saturated heterocycles. The molecule has 0 saturated carbocycles. The lowest BCUT2D eigenvalue weighted by atomic mass is 10.2. The summed E-state index contributed by atoms with van der Waals surface area (Å²) in [7, 11) is 0. The number of nitrogens with zero attached hydrogens (tertiary/aromatic N) is 4. The minimum atomic E-state index is 0.217. The highest BCUT2D eigenvalue weighted by atomic mass is 16.5. The van der Waals surface area contributed by atoms with Crippen LogP contribution in [0.3, 0.4) is 0 Å². The summed E-state index contributed by atoms with van der Waals surface area (Å²) in [6.07, 6.45) is 3.04. The summed E-state index contributed by atoms with van der Waals surface area (Å²) in [5.74, 6) is 1.54. The molecule has 3 rings (SSSR count). The van der Waals surface area contributed by atoms with Crippen molar-refractivity contribution in [2.24, 2.45) is 0 Å². The molecule has 0 atom stereocenters. The SMILES string of the molecule is CC(C)Nc1nc(Nc2cnoc2)nc(-c2ccccc2)n1. The molecule has 22 heavy (non-hydrogen) atoms. The van der Waals surface area contributed by atoms with Crippen LogP contribution in [-0.2, 0) is 0 Å². The molecule has 0 unspecified atom stereocenters. The van der Waals surface area contributed by atoms with Crippen molar-refractivity contribution in [3.8, 4) is 11.4 Å².